The normalized spacial score (nSPS) is 13.4. The summed E-state index contributed by atoms with van der Waals surface area (Å²) in [6.45, 7) is 1.70. The minimum atomic E-state index is -1.35. The first-order valence-electron chi connectivity index (χ1n) is 9.16. The molecule has 0 aliphatic heterocycles. The van der Waals surface area contributed by atoms with Crippen molar-refractivity contribution in [2.24, 2.45) is 0 Å². The van der Waals surface area contributed by atoms with Gasteiger partial charge in [0.1, 0.15) is 12.6 Å². The number of aliphatic carboxylic acids is 1. The molecule has 0 heterocycles. The van der Waals surface area contributed by atoms with E-state index in [4.69, 9.17) is 14.6 Å². The van der Waals surface area contributed by atoms with Crippen molar-refractivity contribution < 1.29 is 29.0 Å². The van der Waals surface area contributed by atoms with Gasteiger partial charge >= 0.3 is 18.0 Å². The molecule has 1 amide bonds. The van der Waals surface area contributed by atoms with Crippen molar-refractivity contribution in [3.8, 4) is 11.1 Å². The van der Waals surface area contributed by atoms with Crippen molar-refractivity contribution in [1.82, 2.24) is 5.32 Å². The van der Waals surface area contributed by atoms with Gasteiger partial charge in [0.15, 0.2) is 0 Å². The zero-order chi connectivity index (χ0) is 20.8. The van der Waals surface area contributed by atoms with Crippen LogP contribution in [0.4, 0.5) is 4.79 Å². The summed E-state index contributed by atoms with van der Waals surface area (Å²) in [4.78, 5) is 35.2. The fourth-order valence-corrected chi connectivity index (χ4v) is 3.37. The van der Waals surface area contributed by atoms with E-state index in [0.717, 1.165) is 28.5 Å². The van der Waals surface area contributed by atoms with Crippen LogP contribution in [0.1, 0.15) is 30.4 Å². The third kappa shape index (κ3) is 4.63. The second kappa shape index (κ2) is 9.05. The number of hydrogen-bond acceptors (Lipinski definition) is 5. The summed E-state index contributed by atoms with van der Waals surface area (Å²) in [5.74, 6) is -2.26. The first-order valence-corrected chi connectivity index (χ1v) is 9.16. The second-order valence-electron chi connectivity index (χ2n) is 6.53. The molecular weight excluding hydrogens is 374 g/mol. The topological polar surface area (TPSA) is 102 Å². The van der Waals surface area contributed by atoms with Gasteiger partial charge in [-0.2, -0.15) is 0 Å². The van der Waals surface area contributed by atoms with Gasteiger partial charge in [-0.1, -0.05) is 54.6 Å². The van der Waals surface area contributed by atoms with Gasteiger partial charge < -0.3 is 19.9 Å². The number of carboxylic acid groups (broad SMARTS) is 1. The molecule has 1 aliphatic rings. The van der Waals surface area contributed by atoms with E-state index in [1.807, 2.05) is 48.5 Å². The van der Waals surface area contributed by atoms with Crippen LogP contribution in [-0.2, 0) is 19.1 Å². The van der Waals surface area contributed by atoms with Gasteiger partial charge in [0.05, 0.1) is 12.7 Å². The van der Waals surface area contributed by atoms with E-state index in [1.54, 1.807) is 6.92 Å². The molecule has 0 aromatic heterocycles. The molecule has 0 spiro atoms. The highest BCUT2D eigenvalue weighted by Crippen LogP contribution is 2.44. The van der Waals surface area contributed by atoms with Crippen molar-refractivity contribution in [2.45, 2.75) is 25.3 Å². The van der Waals surface area contributed by atoms with Gasteiger partial charge in [-0.25, -0.2) is 9.59 Å². The molecule has 0 bridgehead atoms. The summed E-state index contributed by atoms with van der Waals surface area (Å²) in [6.07, 6.45) is 1.11. The number of allylic oxidation sites excluding steroid dienone is 1. The smallest absolute Gasteiger partial charge is 0.407 e. The lowest BCUT2D eigenvalue weighted by atomic mass is 9.98. The van der Waals surface area contributed by atoms with Crippen LogP contribution in [0.2, 0.25) is 0 Å². The van der Waals surface area contributed by atoms with Crippen LogP contribution in [0.15, 0.2) is 60.9 Å². The number of carbonyl (C=O) groups excluding carboxylic acids is 2. The third-order valence-corrected chi connectivity index (χ3v) is 4.62. The summed E-state index contributed by atoms with van der Waals surface area (Å²) < 4.78 is 10.1. The fraction of sp³-hybridized carbons (Fsp3) is 0.227. The summed E-state index contributed by atoms with van der Waals surface area (Å²) in [5, 5.41) is 11.3. The Bertz CT molecular complexity index is 906. The van der Waals surface area contributed by atoms with E-state index < -0.39 is 30.5 Å². The number of nitrogens with one attached hydrogen (secondary N) is 1. The van der Waals surface area contributed by atoms with Crippen molar-refractivity contribution in [2.75, 3.05) is 6.61 Å². The Hall–Kier alpha value is -3.61. The standard InChI is InChI=1S/C22H21NO6/c1-2-11-28-21(26)19(12-20(24)25)23-22(27)29-13-18-16-9-5-3-7-14(16)15-8-4-6-10-17(15)18/h2-11,18-19H,12-13H2,1H3,(H,23,27)(H,24,25)/b11-2+. The SMILES string of the molecule is C/C=C/OC(=O)C(CC(=O)O)NC(=O)OCC1c2ccccc2-c2ccccc21. The summed E-state index contributed by atoms with van der Waals surface area (Å²) in [7, 11) is 0. The summed E-state index contributed by atoms with van der Waals surface area (Å²) in [6, 6.07) is 14.4. The molecule has 7 heteroatoms. The zero-order valence-corrected chi connectivity index (χ0v) is 15.8. The van der Waals surface area contributed by atoms with Crippen molar-refractivity contribution in [3.05, 3.63) is 72.0 Å². The predicted molar refractivity (Wildman–Crippen MR) is 105 cm³/mol. The van der Waals surface area contributed by atoms with E-state index in [-0.39, 0.29) is 12.5 Å². The highest BCUT2D eigenvalue weighted by molar-refractivity contribution is 5.86. The second-order valence-corrected chi connectivity index (χ2v) is 6.53. The van der Waals surface area contributed by atoms with Gasteiger partial charge in [0.25, 0.3) is 0 Å². The quantitative estimate of drug-likeness (QED) is 0.550. The minimum Gasteiger partial charge on any atom is -0.481 e. The molecule has 0 fully saturated rings. The van der Waals surface area contributed by atoms with Gasteiger partial charge in [-0.15, -0.1) is 0 Å². The van der Waals surface area contributed by atoms with Crippen molar-refractivity contribution in [3.63, 3.8) is 0 Å². The first-order chi connectivity index (χ1) is 14.0. The Morgan fingerprint density at radius 1 is 1.07 bits per heavy atom. The van der Waals surface area contributed by atoms with Crippen LogP contribution in [0.25, 0.3) is 11.1 Å². The molecule has 29 heavy (non-hydrogen) atoms. The molecule has 1 unspecified atom stereocenters. The van der Waals surface area contributed by atoms with Gasteiger partial charge in [0.2, 0.25) is 0 Å². The van der Waals surface area contributed by atoms with Crippen LogP contribution < -0.4 is 5.32 Å². The van der Waals surface area contributed by atoms with Crippen LogP contribution in [-0.4, -0.2) is 35.8 Å². The fourth-order valence-electron chi connectivity index (χ4n) is 3.37. The van der Waals surface area contributed by atoms with Crippen LogP contribution in [0, 0.1) is 0 Å². The number of rotatable bonds is 7. The van der Waals surface area contributed by atoms with Crippen LogP contribution in [0.3, 0.4) is 0 Å². The maximum Gasteiger partial charge on any atom is 0.407 e. The molecule has 2 aromatic carbocycles. The molecule has 150 valence electrons. The first kappa shape index (κ1) is 20.1. The number of benzene rings is 2. The van der Waals surface area contributed by atoms with Crippen molar-refractivity contribution in [1.29, 1.82) is 0 Å². The van der Waals surface area contributed by atoms with Crippen LogP contribution >= 0.6 is 0 Å². The maximum atomic E-state index is 12.2. The number of carbonyl (C=O) groups is 3. The summed E-state index contributed by atoms with van der Waals surface area (Å²) >= 11 is 0. The number of ether oxygens (including phenoxy) is 2. The Kier molecular flexibility index (Phi) is 6.29. The Morgan fingerprint density at radius 2 is 1.66 bits per heavy atom. The number of amides is 1. The van der Waals surface area contributed by atoms with E-state index in [1.165, 1.54) is 6.08 Å². The number of alkyl carbamates (subject to hydrolysis) is 1. The van der Waals surface area contributed by atoms with Gasteiger partial charge in [-0.3, -0.25) is 4.79 Å². The Morgan fingerprint density at radius 3 is 2.21 bits per heavy atom. The Balaban J connectivity index is 1.68. The Labute approximate surface area is 167 Å². The number of esters is 1. The monoisotopic (exact) mass is 395 g/mol. The average molecular weight is 395 g/mol. The number of hydrogen-bond donors (Lipinski definition) is 2. The largest absolute Gasteiger partial charge is 0.481 e. The third-order valence-electron chi connectivity index (χ3n) is 4.62. The minimum absolute atomic E-state index is 0.0591. The molecule has 0 radical (unpaired) electrons. The van der Waals surface area contributed by atoms with Crippen molar-refractivity contribution >= 4 is 18.0 Å². The zero-order valence-electron chi connectivity index (χ0n) is 15.8. The molecule has 3 rings (SSSR count). The highest BCUT2D eigenvalue weighted by Gasteiger charge is 2.30. The average Bonchev–Trinajstić information content (AvgIpc) is 3.03. The highest BCUT2D eigenvalue weighted by atomic mass is 16.6. The van der Waals surface area contributed by atoms with E-state index in [0.29, 0.717) is 0 Å². The van der Waals surface area contributed by atoms with E-state index in [2.05, 4.69) is 5.32 Å². The molecule has 1 atom stereocenters. The maximum absolute atomic E-state index is 12.2. The molecule has 2 N–H and O–H groups in total. The number of fused-ring (bicyclic) bond motifs is 3. The molecule has 0 saturated carbocycles. The molecule has 2 aromatic rings. The molecular formula is C22H21NO6. The van der Waals surface area contributed by atoms with Gasteiger partial charge in [-0.05, 0) is 29.2 Å². The van der Waals surface area contributed by atoms with Gasteiger partial charge in [0, 0.05) is 5.92 Å². The summed E-state index contributed by atoms with van der Waals surface area (Å²) in [5.41, 5.74) is 4.29. The van der Waals surface area contributed by atoms with E-state index >= 15 is 0 Å². The molecule has 1 aliphatic carbocycles. The lowest BCUT2D eigenvalue weighted by Crippen LogP contribution is -2.43. The van der Waals surface area contributed by atoms with E-state index in [9.17, 15) is 14.4 Å². The number of carboxylic acids is 1. The lowest BCUT2D eigenvalue weighted by Gasteiger charge is -2.17. The van der Waals surface area contributed by atoms with Crippen LogP contribution in [0.5, 0.6) is 0 Å². The molecule has 0 saturated heterocycles. The lowest BCUT2D eigenvalue weighted by molar-refractivity contribution is -0.146. The molecule has 7 nitrogen and oxygen atoms in total. The predicted octanol–water partition coefficient (Wildman–Crippen LogP) is 3.45.